The lowest BCUT2D eigenvalue weighted by Gasteiger charge is -2.23. The van der Waals surface area contributed by atoms with Gasteiger partial charge in [0.1, 0.15) is 0 Å². The fraction of sp³-hybridized carbons (Fsp3) is 0.412. The number of hydrogen-bond donors (Lipinski definition) is 0. The van der Waals surface area contributed by atoms with Crippen molar-refractivity contribution in [2.24, 2.45) is 0 Å². The molecule has 3 aromatic heterocycles. The fourth-order valence-corrected chi connectivity index (χ4v) is 4.98. The van der Waals surface area contributed by atoms with Crippen LogP contribution in [0.5, 0.6) is 0 Å². The van der Waals surface area contributed by atoms with Gasteiger partial charge in [0.15, 0.2) is 0 Å². The molecule has 0 radical (unpaired) electrons. The van der Waals surface area contributed by atoms with Crippen LogP contribution in [0.1, 0.15) is 23.6 Å². The minimum atomic E-state index is 0.301. The average Bonchev–Trinajstić information content (AvgIpc) is 3.34. The predicted molar refractivity (Wildman–Crippen MR) is 103 cm³/mol. The molecule has 132 valence electrons. The van der Waals surface area contributed by atoms with Gasteiger partial charge in [0.2, 0.25) is 5.89 Å². The Kier molecular flexibility index (Phi) is 5.62. The smallest absolute Gasteiger partial charge is 0.257 e. The van der Waals surface area contributed by atoms with E-state index in [-0.39, 0.29) is 0 Å². The Balaban J connectivity index is 1.46. The monoisotopic (exact) mass is 439 g/mol. The Morgan fingerprint density at radius 1 is 1.24 bits per heavy atom. The van der Waals surface area contributed by atoms with Crippen molar-refractivity contribution in [2.75, 3.05) is 13.2 Å². The van der Waals surface area contributed by atoms with Crippen molar-refractivity contribution in [3.63, 3.8) is 0 Å². The summed E-state index contributed by atoms with van der Waals surface area (Å²) in [5.74, 6) is 1.23. The summed E-state index contributed by atoms with van der Waals surface area (Å²) in [6.07, 6.45) is 2.57. The van der Waals surface area contributed by atoms with Crippen LogP contribution in [-0.4, -0.2) is 34.4 Å². The van der Waals surface area contributed by atoms with Crippen LogP contribution in [0.3, 0.4) is 0 Å². The molecular formula is C17H18BrN3O2S2. The van der Waals surface area contributed by atoms with Gasteiger partial charge in [-0.1, -0.05) is 6.07 Å². The molecule has 0 N–H and O–H groups in total. The van der Waals surface area contributed by atoms with Crippen LogP contribution in [0.25, 0.3) is 10.8 Å². The first-order chi connectivity index (χ1) is 12.3. The SMILES string of the molecule is Brc1ccc(-c2nnc(CN(Cc3cccs3)C[C@H]3CCCO3)o2)s1. The molecule has 0 amide bonds. The third-order valence-corrected chi connectivity index (χ3v) is 6.53. The fourth-order valence-electron chi connectivity index (χ4n) is 2.92. The summed E-state index contributed by atoms with van der Waals surface area (Å²) >= 11 is 6.83. The zero-order valence-corrected chi connectivity index (χ0v) is 16.8. The van der Waals surface area contributed by atoms with Gasteiger partial charge in [0.25, 0.3) is 5.89 Å². The number of hydrogen-bond acceptors (Lipinski definition) is 7. The quantitative estimate of drug-likeness (QED) is 0.528. The minimum absolute atomic E-state index is 0.301. The molecule has 0 aliphatic carbocycles. The highest BCUT2D eigenvalue weighted by atomic mass is 79.9. The molecule has 0 unspecified atom stereocenters. The molecule has 0 aromatic carbocycles. The molecule has 4 heterocycles. The second kappa shape index (κ2) is 8.09. The first kappa shape index (κ1) is 17.4. The van der Waals surface area contributed by atoms with Gasteiger partial charge in [0, 0.05) is 24.6 Å². The summed E-state index contributed by atoms with van der Waals surface area (Å²) in [6, 6.07) is 8.23. The standard InChI is InChI=1S/C17H18BrN3O2S2/c18-15-6-5-14(25-15)17-20-19-16(23-17)11-21(9-12-3-1-7-22-12)10-13-4-2-8-24-13/h2,4-6,8,12H,1,3,7,9-11H2/t12-/m1/s1. The van der Waals surface area contributed by atoms with E-state index in [0.29, 0.717) is 24.4 Å². The third kappa shape index (κ3) is 4.57. The van der Waals surface area contributed by atoms with Gasteiger partial charge in [-0.05, 0) is 52.4 Å². The Hall–Kier alpha value is -1.06. The first-order valence-electron chi connectivity index (χ1n) is 8.21. The molecule has 1 aliphatic rings. The van der Waals surface area contributed by atoms with Crippen molar-refractivity contribution in [1.82, 2.24) is 15.1 Å². The summed E-state index contributed by atoms with van der Waals surface area (Å²) in [5.41, 5.74) is 0. The van der Waals surface area contributed by atoms with Gasteiger partial charge in [-0.3, -0.25) is 4.90 Å². The zero-order valence-electron chi connectivity index (χ0n) is 13.6. The molecule has 8 heteroatoms. The van der Waals surface area contributed by atoms with Crippen molar-refractivity contribution in [1.29, 1.82) is 0 Å². The summed E-state index contributed by atoms with van der Waals surface area (Å²) in [5, 5.41) is 10.6. The molecule has 3 aromatic rings. The maximum absolute atomic E-state index is 5.89. The number of halogens is 1. The number of aromatic nitrogens is 2. The van der Waals surface area contributed by atoms with Gasteiger partial charge in [-0.25, -0.2) is 0 Å². The van der Waals surface area contributed by atoms with Crippen molar-refractivity contribution in [3.8, 4) is 10.8 Å². The van der Waals surface area contributed by atoms with E-state index in [1.54, 1.807) is 22.7 Å². The van der Waals surface area contributed by atoms with Crippen molar-refractivity contribution in [2.45, 2.75) is 32.0 Å². The molecule has 0 spiro atoms. The zero-order chi connectivity index (χ0) is 17.1. The maximum atomic E-state index is 5.89. The van der Waals surface area contributed by atoms with Crippen LogP contribution in [0.4, 0.5) is 0 Å². The van der Waals surface area contributed by atoms with E-state index in [0.717, 1.165) is 41.2 Å². The summed E-state index contributed by atoms with van der Waals surface area (Å²) in [7, 11) is 0. The molecule has 4 rings (SSSR count). The highest BCUT2D eigenvalue weighted by molar-refractivity contribution is 9.11. The molecule has 1 atom stereocenters. The molecule has 0 saturated carbocycles. The topological polar surface area (TPSA) is 51.4 Å². The second-order valence-corrected chi connectivity index (χ2v) is 9.48. The normalized spacial score (nSPS) is 17.6. The third-order valence-electron chi connectivity index (χ3n) is 4.06. The van der Waals surface area contributed by atoms with E-state index in [2.05, 4.69) is 48.5 Å². The van der Waals surface area contributed by atoms with Crippen molar-refractivity contribution >= 4 is 38.6 Å². The molecule has 5 nitrogen and oxygen atoms in total. The van der Waals surface area contributed by atoms with Gasteiger partial charge >= 0.3 is 0 Å². The molecule has 1 fully saturated rings. The molecule has 25 heavy (non-hydrogen) atoms. The van der Waals surface area contributed by atoms with Crippen LogP contribution >= 0.6 is 38.6 Å². The van der Waals surface area contributed by atoms with Crippen LogP contribution in [0, 0.1) is 0 Å². The molecule has 1 aliphatic heterocycles. The second-order valence-electron chi connectivity index (χ2n) is 5.99. The number of nitrogens with zero attached hydrogens (tertiary/aromatic N) is 3. The minimum Gasteiger partial charge on any atom is -0.419 e. The summed E-state index contributed by atoms with van der Waals surface area (Å²) in [4.78, 5) is 4.65. The van der Waals surface area contributed by atoms with Crippen molar-refractivity contribution in [3.05, 3.63) is 44.2 Å². The Morgan fingerprint density at radius 2 is 2.20 bits per heavy atom. The first-order valence-corrected chi connectivity index (χ1v) is 10.7. The molecular weight excluding hydrogens is 422 g/mol. The van der Waals surface area contributed by atoms with Gasteiger partial charge in [-0.2, -0.15) is 0 Å². The van der Waals surface area contributed by atoms with Gasteiger partial charge in [0.05, 0.1) is 21.3 Å². The highest BCUT2D eigenvalue weighted by Crippen LogP contribution is 2.30. The lowest BCUT2D eigenvalue weighted by atomic mass is 10.2. The summed E-state index contributed by atoms with van der Waals surface area (Å²) in [6.45, 7) is 3.27. The van der Waals surface area contributed by atoms with E-state index in [4.69, 9.17) is 9.15 Å². The number of ether oxygens (including phenoxy) is 1. The largest absolute Gasteiger partial charge is 0.419 e. The van der Waals surface area contributed by atoms with Crippen LogP contribution in [-0.2, 0) is 17.8 Å². The Labute approximate surface area is 162 Å². The van der Waals surface area contributed by atoms with Gasteiger partial charge in [-0.15, -0.1) is 32.9 Å². The van der Waals surface area contributed by atoms with Gasteiger partial charge < -0.3 is 9.15 Å². The predicted octanol–water partition coefficient (Wildman–Crippen LogP) is 4.80. The van der Waals surface area contributed by atoms with E-state index in [9.17, 15) is 0 Å². The number of rotatable bonds is 7. The average molecular weight is 440 g/mol. The summed E-state index contributed by atoms with van der Waals surface area (Å²) < 4.78 is 12.8. The highest BCUT2D eigenvalue weighted by Gasteiger charge is 2.21. The van der Waals surface area contributed by atoms with E-state index in [1.165, 1.54) is 4.88 Å². The van der Waals surface area contributed by atoms with Crippen LogP contribution in [0.2, 0.25) is 0 Å². The van der Waals surface area contributed by atoms with Crippen LogP contribution in [0.15, 0.2) is 37.8 Å². The Bertz CT molecular complexity index is 797. The lowest BCUT2D eigenvalue weighted by molar-refractivity contribution is 0.0653. The van der Waals surface area contributed by atoms with Crippen LogP contribution < -0.4 is 0 Å². The van der Waals surface area contributed by atoms with Crippen molar-refractivity contribution < 1.29 is 9.15 Å². The number of thiophene rings is 2. The van der Waals surface area contributed by atoms with E-state index >= 15 is 0 Å². The molecule has 0 bridgehead atoms. The maximum Gasteiger partial charge on any atom is 0.257 e. The van der Waals surface area contributed by atoms with E-state index < -0.39 is 0 Å². The molecule has 1 saturated heterocycles. The lowest BCUT2D eigenvalue weighted by Crippen LogP contribution is -2.31. The Morgan fingerprint density at radius 3 is 2.92 bits per heavy atom. The van der Waals surface area contributed by atoms with E-state index in [1.807, 2.05) is 12.1 Å².